The van der Waals surface area contributed by atoms with Gasteiger partial charge in [0.05, 0.1) is 17.9 Å². The minimum Gasteiger partial charge on any atom is -0.494 e. The standard InChI is InChI=1S/C29H28N2O3/c1-3-20-9-13-24(14-10-20)31-28(32)26(22-11-15-25(16-12-22)34-4-2)27(29(31)33)30-18-17-21-7-5-6-8-23(21)19-30/h5-16H,3-4,17-19H2,1-2H3. The summed E-state index contributed by atoms with van der Waals surface area (Å²) in [4.78, 5) is 31.0. The zero-order valence-corrected chi connectivity index (χ0v) is 19.6. The number of imide groups is 1. The second kappa shape index (κ2) is 9.18. The van der Waals surface area contributed by atoms with Crippen LogP contribution in [0.25, 0.3) is 5.57 Å². The lowest BCUT2D eigenvalue weighted by atomic mass is 9.98. The lowest BCUT2D eigenvalue weighted by molar-refractivity contribution is -0.120. The van der Waals surface area contributed by atoms with E-state index in [4.69, 9.17) is 4.74 Å². The minimum absolute atomic E-state index is 0.266. The second-order valence-corrected chi connectivity index (χ2v) is 8.59. The Bertz CT molecular complexity index is 1260. The minimum atomic E-state index is -0.285. The van der Waals surface area contributed by atoms with Gasteiger partial charge in [-0.25, -0.2) is 4.90 Å². The summed E-state index contributed by atoms with van der Waals surface area (Å²) in [5.74, 6) is 0.189. The first-order valence-electron chi connectivity index (χ1n) is 11.9. The third kappa shape index (κ3) is 3.87. The van der Waals surface area contributed by atoms with Crippen LogP contribution >= 0.6 is 0 Å². The molecule has 0 N–H and O–H groups in total. The summed E-state index contributed by atoms with van der Waals surface area (Å²) in [6.45, 7) is 5.88. The highest BCUT2D eigenvalue weighted by molar-refractivity contribution is 6.45. The normalized spacial score (nSPS) is 15.7. The molecule has 5 rings (SSSR count). The van der Waals surface area contributed by atoms with Gasteiger partial charge in [-0.3, -0.25) is 9.59 Å². The molecule has 2 amide bonds. The number of carbonyl (C=O) groups excluding carboxylic acids is 2. The first kappa shape index (κ1) is 22.0. The highest BCUT2D eigenvalue weighted by Gasteiger charge is 2.43. The van der Waals surface area contributed by atoms with Gasteiger partial charge in [0.2, 0.25) is 0 Å². The quantitative estimate of drug-likeness (QED) is 0.495. The van der Waals surface area contributed by atoms with Crippen molar-refractivity contribution in [1.29, 1.82) is 0 Å². The van der Waals surface area contributed by atoms with Gasteiger partial charge in [0.1, 0.15) is 11.4 Å². The van der Waals surface area contributed by atoms with Crippen LogP contribution < -0.4 is 9.64 Å². The van der Waals surface area contributed by atoms with Crippen LogP contribution in [0.1, 0.15) is 36.1 Å². The first-order chi connectivity index (χ1) is 16.6. The molecule has 2 aliphatic heterocycles. The Labute approximate surface area is 200 Å². The van der Waals surface area contributed by atoms with Gasteiger partial charge in [-0.1, -0.05) is 55.5 Å². The fraction of sp³-hybridized carbons (Fsp3) is 0.241. The Morgan fingerprint density at radius 1 is 0.824 bits per heavy atom. The average molecular weight is 453 g/mol. The number of rotatable bonds is 6. The molecular formula is C29H28N2O3. The van der Waals surface area contributed by atoms with Crippen molar-refractivity contribution in [3.05, 3.63) is 101 Å². The van der Waals surface area contributed by atoms with Gasteiger partial charge >= 0.3 is 0 Å². The van der Waals surface area contributed by atoms with Crippen molar-refractivity contribution in [2.45, 2.75) is 33.2 Å². The number of anilines is 1. The van der Waals surface area contributed by atoms with Crippen LogP contribution in [0.5, 0.6) is 5.75 Å². The summed E-state index contributed by atoms with van der Waals surface area (Å²) in [6.07, 6.45) is 1.74. The summed E-state index contributed by atoms with van der Waals surface area (Å²) >= 11 is 0. The van der Waals surface area contributed by atoms with Gasteiger partial charge in [-0.05, 0) is 66.3 Å². The summed E-state index contributed by atoms with van der Waals surface area (Å²) < 4.78 is 5.58. The van der Waals surface area contributed by atoms with Crippen molar-refractivity contribution in [2.24, 2.45) is 0 Å². The molecular weight excluding hydrogens is 424 g/mol. The van der Waals surface area contributed by atoms with Crippen LogP contribution in [0.3, 0.4) is 0 Å². The number of fused-ring (bicyclic) bond motifs is 1. The Kier molecular flexibility index (Phi) is 5.93. The lowest BCUT2D eigenvalue weighted by Gasteiger charge is -2.31. The van der Waals surface area contributed by atoms with E-state index in [-0.39, 0.29) is 11.8 Å². The maximum atomic E-state index is 13.8. The average Bonchev–Trinajstić information content (AvgIpc) is 3.14. The Morgan fingerprint density at radius 2 is 1.53 bits per heavy atom. The molecule has 2 heterocycles. The van der Waals surface area contributed by atoms with E-state index in [1.54, 1.807) is 0 Å². The molecule has 3 aromatic rings. The van der Waals surface area contributed by atoms with E-state index in [1.165, 1.54) is 16.0 Å². The van der Waals surface area contributed by atoms with Gasteiger partial charge in [0.15, 0.2) is 0 Å². The van der Waals surface area contributed by atoms with Crippen LogP contribution in [0.2, 0.25) is 0 Å². The van der Waals surface area contributed by atoms with Gasteiger partial charge in [0.25, 0.3) is 11.8 Å². The summed E-state index contributed by atoms with van der Waals surface area (Å²) in [6, 6.07) is 23.4. The van der Waals surface area contributed by atoms with E-state index in [0.29, 0.717) is 36.7 Å². The zero-order valence-electron chi connectivity index (χ0n) is 19.6. The number of nitrogens with zero attached hydrogens (tertiary/aromatic N) is 2. The van der Waals surface area contributed by atoms with Crippen LogP contribution in [-0.2, 0) is 29.0 Å². The molecule has 5 nitrogen and oxygen atoms in total. The number of hydrogen-bond acceptors (Lipinski definition) is 4. The van der Waals surface area contributed by atoms with E-state index in [2.05, 4.69) is 24.0 Å². The Hall–Kier alpha value is -3.86. The van der Waals surface area contributed by atoms with E-state index in [1.807, 2.05) is 67.6 Å². The highest BCUT2D eigenvalue weighted by Crippen LogP contribution is 2.37. The van der Waals surface area contributed by atoms with Crippen molar-refractivity contribution in [2.75, 3.05) is 18.1 Å². The van der Waals surface area contributed by atoms with Gasteiger partial charge in [0, 0.05) is 13.1 Å². The number of carbonyl (C=O) groups is 2. The van der Waals surface area contributed by atoms with Crippen molar-refractivity contribution >= 4 is 23.1 Å². The molecule has 0 saturated carbocycles. The number of hydrogen-bond donors (Lipinski definition) is 0. The van der Waals surface area contributed by atoms with Crippen LogP contribution in [-0.4, -0.2) is 29.9 Å². The predicted octanol–water partition coefficient (Wildman–Crippen LogP) is 4.99. The fourth-order valence-corrected chi connectivity index (χ4v) is 4.76. The molecule has 5 heteroatoms. The Balaban J connectivity index is 1.58. The molecule has 0 unspecified atom stereocenters. The molecule has 0 fully saturated rings. The van der Waals surface area contributed by atoms with Gasteiger partial charge in [-0.15, -0.1) is 0 Å². The summed E-state index contributed by atoms with van der Waals surface area (Å²) in [5, 5.41) is 0. The van der Waals surface area contributed by atoms with Gasteiger partial charge < -0.3 is 9.64 Å². The Morgan fingerprint density at radius 3 is 2.21 bits per heavy atom. The van der Waals surface area contributed by atoms with E-state index in [0.717, 1.165) is 29.7 Å². The molecule has 0 radical (unpaired) electrons. The fourth-order valence-electron chi connectivity index (χ4n) is 4.76. The molecule has 0 bridgehead atoms. The maximum Gasteiger partial charge on any atom is 0.282 e. The molecule has 3 aromatic carbocycles. The first-order valence-corrected chi connectivity index (χ1v) is 11.9. The third-order valence-corrected chi connectivity index (χ3v) is 6.56. The number of aryl methyl sites for hydroxylation is 1. The van der Waals surface area contributed by atoms with Crippen LogP contribution in [0.15, 0.2) is 78.5 Å². The topological polar surface area (TPSA) is 49.9 Å². The molecule has 172 valence electrons. The predicted molar refractivity (Wildman–Crippen MR) is 133 cm³/mol. The zero-order chi connectivity index (χ0) is 23.7. The smallest absolute Gasteiger partial charge is 0.282 e. The van der Waals surface area contributed by atoms with Crippen molar-refractivity contribution in [1.82, 2.24) is 4.90 Å². The lowest BCUT2D eigenvalue weighted by Crippen LogP contribution is -2.37. The number of amides is 2. The van der Waals surface area contributed by atoms with Crippen molar-refractivity contribution in [3.63, 3.8) is 0 Å². The molecule has 0 saturated heterocycles. The van der Waals surface area contributed by atoms with Crippen LogP contribution in [0, 0.1) is 0 Å². The summed E-state index contributed by atoms with van der Waals surface area (Å²) in [5.41, 5.74) is 5.90. The SMILES string of the molecule is CCOc1ccc(C2=C(N3CCc4ccccc4C3)C(=O)N(c3ccc(CC)cc3)C2=O)cc1. The molecule has 0 aromatic heterocycles. The van der Waals surface area contributed by atoms with E-state index in [9.17, 15) is 9.59 Å². The number of ether oxygens (including phenoxy) is 1. The van der Waals surface area contributed by atoms with Crippen LogP contribution in [0.4, 0.5) is 5.69 Å². The maximum absolute atomic E-state index is 13.8. The molecule has 0 spiro atoms. The monoisotopic (exact) mass is 452 g/mol. The van der Waals surface area contributed by atoms with E-state index < -0.39 is 0 Å². The molecule has 34 heavy (non-hydrogen) atoms. The molecule has 0 aliphatic carbocycles. The van der Waals surface area contributed by atoms with Crippen molar-refractivity contribution in [3.8, 4) is 5.75 Å². The second-order valence-electron chi connectivity index (χ2n) is 8.59. The number of benzene rings is 3. The van der Waals surface area contributed by atoms with E-state index >= 15 is 0 Å². The van der Waals surface area contributed by atoms with Crippen molar-refractivity contribution < 1.29 is 14.3 Å². The summed E-state index contributed by atoms with van der Waals surface area (Å²) in [7, 11) is 0. The third-order valence-electron chi connectivity index (χ3n) is 6.56. The molecule has 0 atom stereocenters. The van der Waals surface area contributed by atoms with Gasteiger partial charge in [-0.2, -0.15) is 0 Å². The largest absolute Gasteiger partial charge is 0.494 e. The highest BCUT2D eigenvalue weighted by atomic mass is 16.5. The molecule has 2 aliphatic rings.